The third kappa shape index (κ3) is 2.88. The van der Waals surface area contributed by atoms with E-state index in [1.54, 1.807) is 0 Å². The van der Waals surface area contributed by atoms with Crippen LogP contribution in [-0.4, -0.2) is 42.1 Å². The van der Waals surface area contributed by atoms with Gasteiger partial charge in [-0.15, -0.1) is 0 Å². The highest BCUT2D eigenvalue weighted by molar-refractivity contribution is 7.98. The van der Waals surface area contributed by atoms with Crippen LogP contribution in [0.15, 0.2) is 0 Å². The topological polar surface area (TPSA) is 32.3 Å². The van der Waals surface area contributed by atoms with Crippen LogP contribution in [-0.2, 0) is 4.79 Å². The molecule has 4 heteroatoms. The van der Waals surface area contributed by atoms with Crippen LogP contribution in [0.2, 0.25) is 0 Å². The standard InChI is InChI=1S/C9H18N2OS/c1-3-8-10-7-9(12)11(8)5-4-6-13-2/h8,10H,3-7H2,1-2H3. The van der Waals surface area contributed by atoms with Crippen molar-refractivity contribution >= 4 is 17.7 Å². The van der Waals surface area contributed by atoms with Crippen molar-refractivity contribution in [3.05, 3.63) is 0 Å². The van der Waals surface area contributed by atoms with Gasteiger partial charge in [0.2, 0.25) is 5.91 Å². The van der Waals surface area contributed by atoms with Crippen molar-refractivity contribution in [3.8, 4) is 0 Å². The molecule has 1 aliphatic rings. The van der Waals surface area contributed by atoms with Crippen LogP contribution in [0.1, 0.15) is 19.8 Å². The lowest BCUT2D eigenvalue weighted by Gasteiger charge is -2.22. The fourth-order valence-electron chi connectivity index (χ4n) is 1.62. The monoisotopic (exact) mass is 202 g/mol. The molecular formula is C9H18N2OS. The van der Waals surface area contributed by atoms with Gasteiger partial charge < -0.3 is 4.90 Å². The molecule has 0 spiro atoms. The molecule has 3 nitrogen and oxygen atoms in total. The molecule has 0 radical (unpaired) electrons. The van der Waals surface area contributed by atoms with Crippen LogP contribution in [0, 0.1) is 0 Å². The van der Waals surface area contributed by atoms with Crippen molar-refractivity contribution < 1.29 is 4.79 Å². The summed E-state index contributed by atoms with van der Waals surface area (Å²) < 4.78 is 0. The van der Waals surface area contributed by atoms with Crippen LogP contribution < -0.4 is 5.32 Å². The molecule has 1 N–H and O–H groups in total. The van der Waals surface area contributed by atoms with Crippen molar-refractivity contribution in [2.24, 2.45) is 0 Å². The van der Waals surface area contributed by atoms with E-state index in [1.807, 2.05) is 16.7 Å². The molecule has 1 fully saturated rings. The molecule has 1 heterocycles. The Morgan fingerprint density at radius 2 is 2.46 bits per heavy atom. The summed E-state index contributed by atoms with van der Waals surface area (Å²) >= 11 is 1.84. The molecule has 76 valence electrons. The molecule has 1 aliphatic heterocycles. The molecule has 0 aromatic rings. The predicted octanol–water partition coefficient (Wildman–Crippen LogP) is 0.907. The molecule has 1 atom stereocenters. The minimum absolute atomic E-state index is 0.257. The van der Waals surface area contributed by atoms with E-state index in [4.69, 9.17) is 0 Å². The molecule has 0 aromatic heterocycles. The summed E-state index contributed by atoms with van der Waals surface area (Å²) in [6, 6.07) is 0. The summed E-state index contributed by atoms with van der Waals surface area (Å²) in [5.74, 6) is 1.40. The van der Waals surface area contributed by atoms with E-state index in [0.717, 1.165) is 25.1 Å². The molecule has 0 bridgehead atoms. The maximum atomic E-state index is 11.4. The van der Waals surface area contributed by atoms with Gasteiger partial charge in [-0.25, -0.2) is 0 Å². The number of nitrogens with zero attached hydrogens (tertiary/aromatic N) is 1. The van der Waals surface area contributed by atoms with E-state index in [0.29, 0.717) is 6.54 Å². The summed E-state index contributed by atoms with van der Waals surface area (Å²) in [5, 5.41) is 3.20. The first-order valence-corrected chi connectivity index (χ1v) is 6.20. The minimum atomic E-state index is 0.257. The molecule has 1 saturated heterocycles. The molecular weight excluding hydrogens is 184 g/mol. The second-order valence-electron chi connectivity index (χ2n) is 3.24. The van der Waals surface area contributed by atoms with E-state index in [9.17, 15) is 4.79 Å². The van der Waals surface area contributed by atoms with Crippen molar-refractivity contribution in [3.63, 3.8) is 0 Å². The first-order chi connectivity index (χ1) is 6.29. The molecule has 13 heavy (non-hydrogen) atoms. The van der Waals surface area contributed by atoms with E-state index in [-0.39, 0.29) is 12.1 Å². The molecule has 1 amide bonds. The lowest BCUT2D eigenvalue weighted by Crippen LogP contribution is -2.37. The third-order valence-corrected chi connectivity index (χ3v) is 3.02. The summed E-state index contributed by atoms with van der Waals surface area (Å²) in [4.78, 5) is 13.4. The van der Waals surface area contributed by atoms with Gasteiger partial charge in [0.15, 0.2) is 0 Å². The average molecular weight is 202 g/mol. The molecule has 0 saturated carbocycles. The van der Waals surface area contributed by atoms with Crippen molar-refractivity contribution in [1.29, 1.82) is 0 Å². The summed E-state index contributed by atoms with van der Waals surface area (Å²) in [6.45, 7) is 3.54. The van der Waals surface area contributed by atoms with Gasteiger partial charge in [-0.1, -0.05) is 6.92 Å². The highest BCUT2D eigenvalue weighted by Crippen LogP contribution is 2.09. The SMILES string of the molecule is CCC1NCC(=O)N1CCCSC. The summed E-state index contributed by atoms with van der Waals surface area (Å²) in [6.07, 6.45) is 4.49. The predicted molar refractivity (Wildman–Crippen MR) is 56.8 cm³/mol. The highest BCUT2D eigenvalue weighted by atomic mass is 32.2. The second kappa shape index (κ2) is 5.50. The summed E-state index contributed by atoms with van der Waals surface area (Å²) in [7, 11) is 0. The zero-order valence-corrected chi connectivity index (χ0v) is 9.19. The number of hydrogen-bond donors (Lipinski definition) is 1. The van der Waals surface area contributed by atoms with Gasteiger partial charge in [0, 0.05) is 6.54 Å². The minimum Gasteiger partial charge on any atom is -0.326 e. The number of nitrogens with one attached hydrogen (secondary N) is 1. The van der Waals surface area contributed by atoms with Crippen molar-refractivity contribution in [2.45, 2.75) is 25.9 Å². The molecule has 0 aromatic carbocycles. The Morgan fingerprint density at radius 1 is 1.69 bits per heavy atom. The molecule has 1 unspecified atom stereocenters. The Kier molecular flexibility index (Phi) is 4.59. The van der Waals surface area contributed by atoms with Gasteiger partial charge in [0.05, 0.1) is 12.7 Å². The fourth-order valence-corrected chi connectivity index (χ4v) is 2.03. The number of hydrogen-bond acceptors (Lipinski definition) is 3. The lowest BCUT2D eigenvalue weighted by atomic mass is 10.3. The fraction of sp³-hybridized carbons (Fsp3) is 0.889. The van der Waals surface area contributed by atoms with Gasteiger partial charge in [0.25, 0.3) is 0 Å². The first-order valence-electron chi connectivity index (χ1n) is 4.81. The van der Waals surface area contributed by atoms with E-state index >= 15 is 0 Å². The normalized spacial score (nSPS) is 22.8. The smallest absolute Gasteiger partial charge is 0.237 e. The Morgan fingerprint density at radius 3 is 3.08 bits per heavy atom. The number of carbonyl (C=O) groups is 1. The number of carbonyl (C=O) groups excluding carboxylic acids is 1. The summed E-state index contributed by atoms with van der Waals surface area (Å²) in [5.41, 5.74) is 0. The van der Waals surface area contributed by atoms with Crippen LogP contribution in [0.25, 0.3) is 0 Å². The van der Waals surface area contributed by atoms with Crippen LogP contribution >= 0.6 is 11.8 Å². The van der Waals surface area contributed by atoms with E-state index < -0.39 is 0 Å². The van der Waals surface area contributed by atoms with Crippen molar-refractivity contribution in [2.75, 3.05) is 25.1 Å². The Bertz CT molecular complexity index is 175. The van der Waals surface area contributed by atoms with Crippen LogP contribution in [0.5, 0.6) is 0 Å². The Hall–Kier alpha value is -0.220. The van der Waals surface area contributed by atoms with Gasteiger partial charge in [-0.05, 0) is 24.9 Å². The molecule has 1 rings (SSSR count). The van der Waals surface area contributed by atoms with Crippen molar-refractivity contribution in [1.82, 2.24) is 10.2 Å². The second-order valence-corrected chi connectivity index (χ2v) is 4.22. The van der Waals surface area contributed by atoms with Gasteiger partial charge in [-0.3, -0.25) is 10.1 Å². The Labute approximate surface area is 84.2 Å². The largest absolute Gasteiger partial charge is 0.326 e. The quantitative estimate of drug-likeness (QED) is 0.673. The van der Waals surface area contributed by atoms with Gasteiger partial charge >= 0.3 is 0 Å². The lowest BCUT2D eigenvalue weighted by molar-refractivity contribution is -0.128. The molecule has 0 aliphatic carbocycles. The van der Waals surface area contributed by atoms with E-state index in [1.165, 1.54) is 0 Å². The maximum absolute atomic E-state index is 11.4. The number of amides is 1. The maximum Gasteiger partial charge on any atom is 0.237 e. The number of thioether (sulfide) groups is 1. The van der Waals surface area contributed by atoms with Gasteiger partial charge in [-0.2, -0.15) is 11.8 Å². The zero-order chi connectivity index (χ0) is 9.68. The third-order valence-electron chi connectivity index (χ3n) is 2.32. The number of rotatable bonds is 5. The Balaban J connectivity index is 2.31. The zero-order valence-electron chi connectivity index (χ0n) is 8.38. The van der Waals surface area contributed by atoms with E-state index in [2.05, 4.69) is 18.5 Å². The van der Waals surface area contributed by atoms with Gasteiger partial charge in [0.1, 0.15) is 0 Å². The van der Waals surface area contributed by atoms with Crippen LogP contribution in [0.4, 0.5) is 0 Å². The average Bonchev–Trinajstić information content (AvgIpc) is 2.48. The highest BCUT2D eigenvalue weighted by Gasteiger charge is 2.27. The first kappa shape index (κ1) is 10.9. The van der Waals surface area contributed by atoms with Crippen LogP contribution in [0.3, 0.4) is 0 Å².